The van der Waals surface area contributed by atoms with Crippen LogP contribution in [0.1, 0.15) is 25.0 Å². The predicted octanol–water partition coefficient (Wildman–Crippen LogP) is 5.45. The van der Waals surface area contributed by atoms with Crippen LogP contribution >= 0.6 is 0 Å². The molecule has 0 aliphatic heterocycles. The van der Waals surface area contributed by atoms with Crippen LogP contribution < -0.4 is 19.1 Å². The van der Waals surface area contributed by atoms with Crippen LogP contribution in [-0.4, -0.2) is 58.5 Å². The molecule has 1 unspecified atom stereocenters. The molecule has 47 heavy (non-hydrogen) atoms. The normalized spacial score (nSPS) is 11.9. The quantitative estimate of drug-likeness (QED) is 0.182. The van der Waals surface area contributed by atoms with Crippen molar-refractivity contribution in [2.45, 2.75) is 37.8 Å². The molecule has 11 heteroatoms. The summed E-state index contributed by atoms with van der Waals surface area (Å²) in [5, 5.41) is 2.95. The summed E-state index contributed by atoms with van der Waals surface area (Å²) < 4.78 is 54.0. The van der Waals surface area contributed by atoms with Gasteiger partial charge in [0.1, 0.15) is 18.4 Å². The van der Waals surface area contributed by atoms with Gasteiger partial charge in [-0.05, 0) is 53.4 Å². The van der Waals surface area contributed by atoms with Crippen LogP contribution in [-0.2, 0) is 32.6 Å². The van der Waals surface area contributed by atoms with Crippen molar-refractivity contribution in [2.24, 2.45) is 5.92 Å². The zero-order valence-electron chi connectivity index (χ0n) is 26.9. The van der Waals surface area contributed by atoms with Gasteiger partial charge in [0.15, 0.2) is 11.5 Å². The molecule has 0 aromatic heterocycles. The van der Waals surface area contributed by atoms with Crippen molar-refractivity contribution in [1.82, 2.24) is 10.2 Å². The third-order valence-corrected chi connectivity index (χ3v) is 9.26. The third kappa shape index (κ3) is 9.10. The Morgan fingerprint density at radius 1 is 0.809 bits per heavy atom. The van der Waals surface area contributed by atoms with E-state index in [2.05, 4.69) is 5.32 Å². The highest BCUT2D eigenvalue weighted by molar-refractivity contribution is 7.92. The van der Waals surface area contributed by atoms with E-state index in [-0.39, 0.29) is 41.1 Å². The zero-order valence-corrected chi connectivity index (χ0v) is 27.7. The molecule has 1 N–H and O–H groups in total. The van der Waals surface area contributed by atoms with Gasteiger partial charge in [-0.25, -0.2) is 12.8 Å². The number of nitrogens with one attached hydrogen (secondary N) is 1. The summed E-state index contributed by atoms with van der Waals surface area (Å²) in [5.74, 6) is -0.753. The second-order valence-electron chi connectivity index (χ2n) is 11.4. The molecule has 0 aliphatic carbocycles. The van der Waals surface area contributed by atoms with Crippen LogP contribution in [0.3, 0.4) is 0 Å². The number of amides is 2. The van der Waals surface area contributed by atoms with E-state index in [1.54, 1.807) is 30.3 Å². The molecule has 4 aromatic rings. The van der Waals surface area contributed by atoms with Gasteiger partial charge in [0.25, 0.3) is 10.0 Å². The Labute approximate surface area is 276 Å². The second-order valence-corrected chi connectivity index (χ2v) is 13.2. The van der Waals surface area contributed by atoms with Crippen molar-refractivity contribution in [2.75, 3.05) is 31.6 Å². The molecule has 0 fully saturated rings. The Hall–Kier alpha value is -4.90. The summed E-state index contributed by atoms with van der Waals surface area (Å²) in [6, 6.07) is 26.4. The summed E-state index contributed by atoms with van der Waals surface area (Å²) in [5.41, 5.74) is 1.64. The van der Waals surface area contributed by atoms with E-state index in [9.17, 15) is 22.4 Å². The minimum Gasteiger partial charge on any atom is -0.493 e. The van der Waals surface area contributed by atoms with Crippen molar-refractivity contribution in [3.05, 3.63) is 120 Å². The number of para-hydroxylation sites is 1. The fourth-order valence-electron chi connectivity index (χ4n) is 4.99. The Morgan fingerprint density at radius 3 is 2.02 bits per heavy atom. The fraction of sp³-hybridized carbons (Fsp3) is 0.278. The molecule has 1 atom stereocenters. The predicted molar refractivity (Wildman–Crippen MR) is 179 cm³/mol. The Kier molecular flexibility index (Phi) is 12.0. The van der Waals surface area contributed by atoms with Gasteiger partial charge >= 0.3 is 0 Å². The summed E-state index contributed by atoms with van der Waals surface area (Å²) in [6.45, 7) is 3.62. The molecule has 0 radical (unpaired) electrons. The first-order chi connectivity index (χ1) is 22.5. The number of nitrogens with zero attached hydrogens (tertiary/aromatic N) is 2. The van der Waals surface area contributed by atoms with Crippen molar-refractivity contribution >= 4 is 27.5 Å². The molecule has 4 aromatic carbocycles. The number of carbonyl (C=O) groups excluding carboxylic acids is 2. The van der Waals surface area contributed by atoms with Gasteiger partial charge in [-0.1, -0.05) is 74.5 Å². The van der Waals surface area contributed by atoms with E-state index >= 15 is 0 Å². The number of carbonyl (C=O) groups is 2. The molecule has 9 nitrogen and oxygen atoms in total. The summed E-state index contributed by atoms with van der Waals surface area (Å²) >= 11 is 0. The highest BCUT2D eigenvalue weighted by Crippen LogP contribution is 2.32. The van der Waals surface area contributed by atoms with E-state index in [0.29, 0.717) is 17.9 Å². The summed E-state index contributed by atoms with van der Waals surface area (Å²) in [6.07, 6.45) is 0.172. The highest BCUT2D eigenvalue weighted by Gasteiger charge is 2.35. The molecule has 0 spiro atoms. The monoisotopic (exact) mass is 661 g/mol. The van der Waals surface area contributed by atoms with Gasteiger partial charge in [-0.15, -0.1) is 0 Å². The van der Waals surface area contributed by atoms with E-state index in [4.69, 9.17) is 9.47 Å². The van der Waals surface area contributed by atoms with Crippen molar-refractivity contribution in [1.29, 1.82) is 0 Å². The molecule has 0 saturated heterocycles. The smallest absolute Gasteiger partial charge is 0.264 e. The summed E-state index contributed by atoms with van der Waals surface area (Å²) in [7, 11) is -1.50. The molecule has 2 amide bonds. The second kappa shape index (κ2) is 16.1. The van der Waals surface area contributed by atoms with E-state index in [0.717, 1.165) is 9.87 Å². The number of anilines is 1. The molecular formula is C36H40FN3O6S. The van der Waals surface area contributed by atoms with Gasteiger partial charge in [0.05, 0.1) is 24.8 Å². The maximum Gasteiger partial charge on any atom is 0.264 e. The van der Waals surface area contributed by atoms with Crippen molar-refractivity contribution in [3.63, 3.8) is 0 Å². The Bertz CT molecular complexity index is 1740. The van der Waals surface area contributed by atoms with Gasteiger partial charge < -0.3 is 19.7 Å². The van der Waals surface area contributed by atoms with Gasteiger partial charge in [0, 0.05) is 25.6 Å². The van der Waals surface area contributed by atoms with Crippen LogP contribution in [0.2, 0.25) is 0 Å². The summed E-state index contributed by atoms with van der Waals surface area (Å²) in [4.78, 5) is 29.6. The molecule has 4 rings (SSSR count). The van der Waals surface area contributed by atoms with E-state index < -0.39 is 34.3 Å². The van der Waals surface area contributed by atoms with Crippen molar-refractivity contribution in [3.8, 4) is 11.5 Å². The lowest BCUT2D eigenvalue weighted by Gasteiger charge is -2.34. The first-order valence-corrected chi connectivity index (χ1v) is 16.6. The largest absolute Gasteiger partial charge is 0.493 e. The van der Waals surface area contributed by atoms with Crippen LogP contribution in [0.5, 0.6) is 11.5 Å². The highest BCUT2D eigenvalue weighted by atomic mass is 32.2. The van der Waals surface area contributed by atoms with Crippen molar-refractivity contribution < 1.29 is 31.9 Å². The first-order valence-electron chi connectivity index (χ1n) is 15.2. The van der Waals surface area contributed by atoms with Crippen LogP contribution in [0.25, 0.3) is 0 Å². The number of methoxy groups -OCH3 is 2. The molecule has 0 heterocycles. The molecule has 0 aliphatic rings. The lowest BCUT2D eigenvalue weighted by Crippen LogP contribution is -2.53. The number of rotatable bonds is 15. The average Bonchev–Trinajstić information content (AvgIpc) is 3.08. The minimum absolute atomic E-state index is 0.0647. The Morgan fingerprint density at radius 2 is 1.43 bits per heavy atom. The van der Waals surface area contributed by atoms with Gasteiger partial charge in [-0.3, -0.25) is 13.9 Å². The van der Waals surface area contributed by atoms with Crippen LogP contribution in [0, 0.1) is 11.7 Å². The maximum absolute atomic E-state index is 14.5. The SMILES string of the molecule is COc1ccc(S(=O)(=O)N(CC(=O)N(Cc2ccc(F)cc2)C(Cc2ccccc2)C(=O)NCC(C)C)c2ccccc2)cc1OC. The number of sulfonamides is 1. The standard InChI is InChI=1S/C36H40FN3O6S/c1-26(2)23-38-36(42)32(21-27-11-7-5-8-12-27)39(24-28-15-17-29(37)18-16-28)35(41)25-40(30-13-9-6-10-14-30)47(43,44)31-19-20-33(45-3)34(22-31)46-4/h5-20,22,26,32H,21,23-25H2,1-4H3,(H,38,42). The molecular weight excluding hydrogens is 621 g/mol. The maximum atomic E-state index is 14.5. The zero-order chi connectivity index (χ0) is 34.0. The number of hydrogen-bond acceptors (Lipinski definition) is 6. The number of halogens is 1. The average molecular weight is 662 g/mol. The van der Waals surface area contributed by atoms with Crippen LogP contribution in [0.15, 0.2) is 108 Å². The molecule has 0 bridgehead atoms. The van der Waals surface area contributed by atoms with Crippen LogP contribution in [0.4, 0.5) is 10.1 Å². The minimum atomic E-state index is -4.34. The first kappa shape index (κ1) is 35.0. The molecule has 0 saturated carbocycles. The molecule has 248 valence electrons. The lowest BCUT2D eigenvalue weighted by atomic mass is 10.0. The van der Waals surface area contributed by atoms with E-state index in [1.165, 1.54) is 61.6 Å². The fourth-order valence-corrected chi connectivity index (χ4v) is 6.42. The van der Waals surface area contributed by atoms with E-state index in [1.807, 2.05) is 44.2 Å². The lowest BCUT2D eigenvalue weighted by molar-refractivity contribution is -0.140. The van der Waals surface area contributed by atoms with Gasteiger partial charge in [0.2, 0.25) is 11.8 Å². The Balaban J connectivity index is 1.80. The third-order valence-electron chi connectivity index (χ3n) is 7.49. The topological polar surface area (TPSA) is 105 Å². The van der Waals surface area contributed by atoms with Gasteiger partial charge in [-0.2, -0.15) is 0 Å². The number of ether oxygens (including phenoxy) is 2. The number of hydrogen-bond donors (Lipinski definition) is 1. The number of benzene rings is 4.